The van der Waals surface area contributed by atoms with Crippen LogP contribution in [-0.2, 0) is 28.0 Å². The van der Waals surface area contributed by atoms with Gasteiger partial charge in [0.15, 0.2) is 0 Å². The largest absolute Gasteiger partial charge is 0.352 e. The number of halogens is 1. The molecule has 0 saturated heterocycles. The summed E-state index contributed by atoms with van der Waals surface area (Å²) in [4.78, 5) is 27.7. The van der Waals surface area contributed by atoms with Crippen molar-refractivity contribution in [1.29, 1.82) is 0 Å². The minimum atomic E-state index is -0.571. The molecule has 0 aliphatic rings. The topological polar surface area (TPSA) is 49.4 Å². The summed E-state index contributed by atoms with van der Waals surface area (Å²) < 4.78 is 0. The van der Waals surface area contributed by atoms with Gasteiger partial charge in [-0.3, -0.25) is 9.59 Å². The van der Waals surface area contributed by atoms with Gasteiger partial charge in [-0.05, 0) is 60.9 Å². The number of carbonyl (C=O) groups is 2. The molecular formula is C27H37ClN2O2. The number of carbonyl (C=O) groups excluding carboxylic acids is 2. The Kier molecular flexibility index (Phi) is 9.33. The first-order valence-corrected chi connectivity index (χ1v) is 11.8. The summed E-state index contributed by atoms with van der Waals surface area (Å²) in [7, 11) is 0. The number of amides is 2. The second kappa shape index (κ2) is 11.5. The third kappa shape index (κ3) is 7.67. The van der Waals surface area contributed by atoms with E-state index >= 15 is 0 Å². The van der Waals surface area contributed by atoms with Gasteiger partial charge in [0.05, 0.1) is 0 Å². The lowest BCUT2D eigenvalue weighted by atomic mass is 9.86. The van der Waals surface area contributed by atoms with Gasteiger partial charge in [-0.15, -0.1) is 0 Å². The molecular weight excluding hydrogens is 420 g/mol. The molecule has 0 unspecified atom stereocenters. The molecule has 32 heavy (non-hydrogen) atoms. The van der Waals surface area contributed by atoms with Crippen LogP contribution in [-0.4, -0.2) is 28.8 Å². The molecule has 0 aliphatic heterocycles. The fraction of sp³-hybridized carbons (Fsp3) is 0.481. The van der Waals surface area contributed by atoms with Crippen LogP contribution in [0, 0.1) is 0 Å². The van der Waals surface area contributed by atoms with Crippen molar-refractivity contribution in [3.05, 3.63) is 70.2 Å². The van der Waals surface area contributed by atoms with Crippen molar-refractivity contribution in [1.82, 2.24) is 10.2 Å². The highest BCUT2D eigenvalue weighted by Gasteiger charge is 2.26. The molecule has 0 radical (unpaired) electrons. The van der Waals surface area contributed by atoms with Gasteiger partial charge >= 0.3 is 0 Å². The maximum Gasteiger partial charge on any atom is 0.242 e. The monoisotopic (exact) mass is 456 g/mol. The van der Waals surface area contributed by atoms with Crippen LogP contribution in [0.3, 0.4) is 0 Å². The van der Waals surface area contributed by atoms with Crippen LogP contribution in [0.25, 0.3) is 0 Å². The Bertz CT molecular complexity index is 903. The SMILES string of the molecule is CC[C@H](C)NC(=O)[C@@H](C)N(Cc1cccc(Cl)c1)C(=O)CCc1ccc(C(C)(C)C)cc1. The molecule has 0 fully saturated rings. The van der Waals surface area contributed by atoms with Gasteiger partial charge in [-0.2, -0.15) is 0 Å². The van der Waals surface area contributed by atoms with Crippen molar-refractivity contribution in [3.63, 3.8) is 0 Å². The summed E-state index contributed by atoms with van der Waals surface area (Å²) in [5.74, 6) is -0.180. The van der Waals surface area contributed by atoms with Gasteiger partial charge < -0.3 is 10.2 Å². The van der Waals surface area contributed by atoms with Gasteiger partial charge in [-0.25, -0.2) is 0 Å². The maximum absolute atomic E-state index is 13.2. The van der Waals surface area contributed by atoms with Crippen molar-refractivity contribution < 1.29 is 9.59 Å². The van der Waals surface area contributed by atoms with Crippen LogP contribution in [0.5, 0.6) is 0 Å². The summed E-state index contributed by atoms with van der Waals surface area (Å²) in [6.07, 6.45) is 1.82. The van der Waals surface area contributed by atoms with Crippen LogP contribution in [0.2, 0.25) is 5.02 Å². The second-order valence-corrected chi connectivity index (χ2v) is 10.0. The molecule has 2 amide bonds. The van der Waals surface area contributed by atoms with Gasteiger partial charge in [0.25, 0.3) is 0 Å². The Labute approximate surface area is 198 Å². The van der Waals surface area contributed by atoms with Crippen molar-refractivity contribution in [2.45, 2.75) is 84.8 Å². The Hall–Kier alpha value is -2.33. The second-order valence-electron chi connectivity index (χ2n) is 9.59. The highest BCUT2D eigenvalue weighted by molar-refractivity contribution is 6.30. The molecule has 2 atom stereocenters. The van der Waals surface area contributed by atoms with E-state index in [4.69, 9.17) is 11.6 Å². The highest BCUT2D eigenvalue weighted by atomic mass is 35.5. The summed E-state index contributed by atoms with van der Waals surface area (Å²) >= 11 is 6.14. The zero-order valence-electron chi connectivity index (χ0n) is 20.2. The lowest BCUT2D eigenvalue weighted by molar-refractivity contribution is -0.140. The molecule has 2 aromatic rings. The predicted molar refractivity (Wildman–Crippen MR) is 133 cm³/mol. The molecule has 1 N–H and O–H groups in total. The number of nitrogens with one attached hydrogen (secondary N) is 1. The van der Waals surface area contributed by atoms with Gasteiger partial charge in [-0.1, -0.05) is 75.7 Å². The minimum Gasteiger partial charge on any atom is -0.352 e. The first kappa shape index (κ1) is 25.9. The van der Waals surface area contributed by atoms with E-state index in [-0.39, 0.29) is 23.3 Å². The van der Waals surface area contributed by atoms with Crippen molar-refractivity contribution in [2.75, 3.05) is 0 Å². The normalized spacial score (nSPS) is 13.3. The quantitative estimate of drug-likeness (QED) is 0.510. The number of aryl methyl sites for hydroxylation is 1. The summed E-state index contributed by atoms with van der Waals surface area (Å²) in [5.41, 5.74) is 3.39. The third-order valence-corrected chi connectivity index (χ3v) is 6.09. The minimum absolute atomic E-state index is 0.0447. The number of benzene rings is 2. The Morgan fingerprint density at radius 1 is 1.03 bits per heavy atom. The van der Waals surface area contributed by atoms with Crippen LogP contribution >= 0.6 is 11.6 Å². The molecule has 2 rings (SSSR count). The molecule has 0 saturated carbocycles. The Balaban J connectivity index is 2.14. The summed E-state index contributed by atoms with van der Waals surface area (Å²) in [6, 6.07) is 15.4. The van der Waals surface area contributed by atoms with E-state index in [1.807, 2.05) is 32.0 Å². The molecule has 0 aromatic heterocycles. The molecule has 0 spiro atoms. The fourth-order valence-electron chi connectivity index (χ4n) is 3.45. The molecule has 0 heterocycles. The molecule has 2 aromatic carbocycles. The van der Waals surface area contributed by atoms with E-state index < -0.39 is 6.04 Å². The highest BCUT2D eigenvalue weighted by Crippen LogP contribution is 2.23. The molecule has 0 aliphatic carbocycles. The average molecular weight is 457 g/mol. The standard InChI is InChI=1S/C27H37ClN2O2/c1-7-19(2)29-26(32)20(3)30(18-22-9-8-10-24(28)17-22)25(31)16-13-21-11-14-23(15-12-21)27(4,5)6/h8-12,14-15,17,19-20H,7,13,16,18H2,1-6H3,(H,29,32)/t19-,20+/m0/s1. The van der Waals surface area contributed by atoms with E-state index in [1.54, 1.807) is 17.9 Å². The molecule has 0 bridgehead atoms. The fourth-order valence-corrected chi connectivity index (χ4v) is 3.66. The van der Waals surface area contributed by atoms with Crippen LogP contribution < -0.4 is 5.32 Å². The maximum atomic E-state index is 13.2. The van der Waals surface area contributed by atoms with Crippen molar-refractivity contribution >= 4 is 23.4 Å². The van der Waals surface area contributed by atoms with Crippen LogP contribution in [0.1, 0.15) is 71.1 Å². The summed E-state index contributed by atoms with van der Waals surface area (Å²) in [5, 5.41) is 3.61. The van der Waals surface area contributed by atoms with Crippen LogP contribution in [0.4, 0.5) is 0 Å². The zero-order chi connectivity index (χ0) is 23.9. The zero-order valence-corrected chi connectivity index (χ0v) is 21.0. The first-order chi connectivity index (χ1) is 15.0. The van der Waals surface area contributed by atoms with Crippen molar-refractivity contribution in [3.8, 4) is 0 Å². The Morgan fingerprint density at radius 3 is 2.25 bits per heavy atom. The third-order valence-electron chi connectivity index (χ3n) is 5.86. The van der Waals surface area contributed by atoms with E-state index in [0.29, 0.717) is 24.4 Å². The molecule has 5 heteroatoms. The van der Waals surface area contributed by atoms with E-state index in [2.05, 4.69) is 50.4 Å². The van der Waals surface area contributed by atoms with Gasteiger partial charge in [0, 0.05) is 24.0 Å². The average Bonchev–Trinajstić information content (AvgIpc) is 2.75. The lowest BCUT2D eigenvalue weighted by Crippen LogP contribution is -2.49. The van der Waals surface area contributed by atoms with E-state index in [0.717, 1.165) is 17.5 Å². The first-order valence-electron chi connectivity index (χ1n) is 11.4. The molecule has 4 nitrogen and oxygen atoms in total. The smallest absolute Gasteiger partial charge is 0.242 e. The van der Waals surface area contributed by atoms with Crippen molar-refractivity contribution in [2.24, 2.45) is 0 Å². The van der Waals surface area contributed by atoms with Gasteiger partial charge in [0.2, 0.25) is 11.8 Å². The molecule has 174 valence electrons. The Morgan fingerprint density at radius 2 is 1.69 bits per heavy atom. The van der Waals surface area contributed by atoms with E-state index in [1.165, 1.54) is 5.56 Å². The predicted octanol–water partition coefficient (Wildman–Crippen LogP) is 5.90. The number of hydrogen-bond donors (Lipinski definition) is 1. The van der Waals surface area contributed by atoms with Gasteiger partial charge in [0.1, 0.15) is 6.04 Å². The number of rotatable bonds is 9. The lowest BCUT2D eigenvalue weighted by Gasteiger charge is -2.30. The number of hydrogen-bond acceptors (Lipinski definition) is 2. The number of nitrogens with zero attached hydrogens (tertiary/aromatic N) is 1. The van der Waals surface area contributed by atoms with E-state index in [9.17, 15) is 9.59 Å². The summed E-state index contributed by atoms with van der Waals surface area (Å²) in [6.45, 7) is 12.7. The van der Waals surface area contributed by atoms with Crippen LogP contribution in [0.15, 0.2) is 48.5 Å².